The molecule has 2 aromatic rings. The Bertz CT molecular complexity index is 1130. The summed E-state index contributed by atoms with van der Waals surface area (Å²) in [4.78, 5) is 37.9. The fourth-order valence-electron chi connectivity index (χ4n) is 3.93. The number of amidine groups is 1. The Hall–Kier alpha value is -3.92. The average molecular weight is 496 g/mol. The molecule has 9 nitrogen and oxygen atoms in total. The number of methoxy groups -OCH3 is 1. The highest BCUT2D eigenvalue weighted by molar-refractivity contribution is 6.10. The molecule has 0 aliphatic heterocycles. The lowest BCUT2D eigenvalue weighted by Crippen LogP contribution is -2.40. The SMILES string of the molecule is C=NC(=N/C=C\C)c1ccc(NC(=O)COC)nc1C(=O)N[C@H]1CCC[C@@H]1COc1ccc(F)cc1. The summed E-state index contributed by atoms with van der Waals surface area (Å²) in [6.07, 6.45) is 5.85. The number of carbonyl (C=O) groups excluding carboxylic acids is 2. The summed E-state index contributed by atoms with van der Waals surface area (Å²) >= 11 is 0. The van der Waals surface area contributed by atoms with E-state index in [0.29, 0.717) is 17.9 Å². The smallest absolute Gasteiger partial charge is 0.270 e. The predicted octanol–water partition coefficient (Wildman–Crippen LogP) is 3.76. The maximum atomic E-state index is 13.4. The van der Waals surface area contributed by atoms with E-state index in [0.717, 1.165) is 19.3 Å². The van der Waals surface area contributed by atoms with Gasteiger partial charge in [0, 0.05) is 25.3 Å². The topological polar surface area (TPSA) is 114 Å². The zero-order valence-electron chi connectivity index (χ0n) is 20.4. The third kappa shape index (κ3) is 7.29. The number of anilines is 1. The van der Waals surface area contributed by atoms with E-state index in [2.05, 4.69) is 32.3 Å². The number of carbonyl (C=O) groups is 2. The van der Waals surface area contributed by atoms with Crippen molar-refractivity contribution in [2.45, 2.75) is 32.2 Å². The minimum absolute atomic E-state index is 0.0611. The highest BCUT2D eigenvalue weighted by atomic mass is 19.1. The second kappa shape index (κ2) is 13.2. The van der Waals surface area contributed by atoms with Crippen molar-refractivity contribution < 1.29 is 23.5 Å². The number of hydrogen-bond acceptors (Lipinski definition) is 6. The lowest BCUT2D eigenvalue weighted by molar-refractivity contribution is -0.119. The Balaban J connectivity index is 1.80. The first-order chi connectivity index (χ1) is 17.4. The fraction of sp³-hybridized carbons (Fsp3) is 0.346. The number of halogens is 1. The summed E-state index contributed by atoms with van der Waals surface area (Å²) in [5.41, 5.74) is 0.438. The maximum absolute atomic E-state index is 13.4. The van der Waals surface area contributed by atoms with Crippen LogP contribution in [0.3, 0.4) is 0 Å². The van der Waals surface area contributed by atoms with E-state index < -0.39 is 11.8 Å². The Morgan fingerprint density at radius 2 is 2.00 bits per heavy atom. The molecule has 2 atom stereocenters. The van der Waals surface area contributed by atoms with Gasteiger partial charge < -0.3 is 20.1 Å². The molecule has 1 aliphatic carbocycles. The van der Waals surface area contributed by atoms with Crippen LogP contribution in [0.4, 0.5) is 10.2 Å². The molecule has 0 radical (unpaired) electrons. The summed E-state index contributed by atoms with van der Waals surface area (Å²) < 4.78 is 23.8. The number of pyridine rings is 1. The highest BCUT2D eigenvalue weighted by Gasteiger charge is 2.31. The molecule has 0 spiro atoms. The normalized spacial score (nSPS) is 17.7. The molecule has 1 saturated carbocycles. The maximum Gasteiger partial charge on any atom is 0.270 e. The molecule has 190 valence electrons. The van der Waals surface area contributed by atoms with Crippen molar-refractivity contribution in [3.05, 3.63) is 65.7 Å². The zero-order chi connectivity index (χ0) is 25.9. The molecule has 10 heteroatoms. The van der Waals surface area contributed by atoms with Gasteiger partial charge in [-0.1, -0.05) is 12.5 Å². The molecule has 0 bridgehead atoms. The first-order valence-corrected chi connectivity index (χ1v) is 11.6. The van der Waals surface area contributed by atoms with Gasteiger partial charge in [-0.2, -0.15) is 0 Å². The Morgan fingerprint density at radius 3 is 2.69 bits per heavy atom. The van der Waals surface area contributed by atoms with E-state index >= 15 is 0 Å². The minimum atomic E-state index is -0.427. The lowest BCUT2D eigenvalue weighted by Gasteiger charge is -2.22. The third-order valence-corrected chi connectivity index (χ3v) is 5.64. The van der Waals surface area contributed by atoms with Gasteiger partial charge in [0.15, 0.2) is 5.84 Å². The van der Waals surface area contributed by atoms with Gasteiger partial charge in [0.1, 0.15) is 29.7 Å². The molecule has 1 aromatic heterocycles. The van der Waals surface area contributed by atoms with Crippen molar-refractivity contribution >= 4 is 30.2 Å². The van der Waals surface area contributed by atoms with Crippen LogP contribution in [-0.2, 0) is 9.53 Å². The van der Waals surface area contributed by atoms with E-state index in [9.17, 15) is 14.0 Å². The van der Waals surface area contributed by atoms with Crippen LogP contribution in [0.25, 0.3) is 0 Å². The summed E-state index contributed by atoms with van der Waals surface area (Å²) in [6, 6.07) is 8.87. The second-order valence-corrected chi connectivity index (χ2v) is 8.20. The predicted molar refractivity (Wildman–Crippen MR) is 136 cm³/mol. The van der Waals surface area contributed by atoms with Crippen LogP contribution >= 0.6 is 0 Å². The first kappa shape index (κ1) is 26.7. The molecule has 1 aliphatic rings. The van der Waals surface area contributed by atoms with E-state index in [1.165, 1.54) is 19.2 Å². The number of aliphatic imine (C=N–C) groups is 2. The minimum Gasteiger partial charge on any atom is -0.493 e. The molecule has 0 unspecified atom stereocenters. The van der Waals surface area contributed by atoms with Crippen molar-refractivity contribution in [3.8, 4) is 5.75 Å². The largest absolute Gasteiger partial charge is 0.493 e. The van der Waals surface area contributed by atoms with Gasteiger partial charge in [0.2, 0.25) is 0 Å². The van der Waals surface area contributed by atoms with Crippen LogP contribution in [0.2, 0.25) is 0 Å². The van der Waals surface area contributed by atoms with Crippen LogP contribution in [0.5, 0.6) is 5.75 Å². The standard InChI is InChI=1S/C26H30FN5O4/c1-4-14-29-25(28-2)20-12-13-22(31-23(33)16-35-3)32-24(20)26(34)30-21-7-5-6-17(21)15-36-19-10-8-18(27)9-11-19/h4,8-14,17,21H,2,5-7,15-16H2,1,3H3,(H,30,34)(H,31,32,33)/b14-4-,29-25?/t17-,21+/m1/s1. The van der Waals surface area contributed by atoms with Gasteiger partial charge >= 0.3 is 0 Å². The Kier molecular flexibility index (Phi) is 9.82. The number of allylic oxidation sites excluding steroid dienone is 1. The second-order valence-electron chi connectivity index (χ2n) is 8.20. The van der Waals surface area contributed by atoms with Gasteiger partial charge in [-0.05, 0) is 62.9 Å². The monoisotopic (exact) mass is 495 g/mol. The quantitative estimate of drug-likeness (QED) is 0.385. The van der Waals surface area contributed by atoms with Crippen LogP contribution < -0.4 is 15.4 Å². The van der Waals surface area contributed by atoms with E-state index in [-0.39, 0.29) is 41.7 Å². The summed E-state index contributed by atoms with van der Waals surface area (Å²) in [6.45, 7) is 5.60. The number of nitrogens with one attached hydrogen (secondary N) is 2. The summed E-state index contributed by atoms with van der Waals surface area (Å²) in [7, 11) is 1.41. The highest BCUT2D eigenvalue weighted by Crippen LogP contribution is 2.27. The van der Waals surface area contributed by atoms with Crippen LogP contribution in [0.1, 0.15) is 42.2 Å². The van der Waals surface area contributed by atoms with Gasteiger partial charge in [0.25, 0.3) is 11.8 Å². The van der Waals surface area contributed by atoms with Crippen molar-refractivity contribution in [2.75, 3.05) is 25.6 Å². The molecule has 0 saturated heterocycles. The number of ether oxygens (including phenoxy) is 2. The summed E-state index contributed by atoms with van der Waals surface area (Å²) in [5, 5.41) is 5.67. The number of amides is 2. The van der Waals surface area contributed by atoms with Crippen molar-refractivity contribution in [3.63, 3.8) is 0 Å². The molecule has 36 heavy (non-hydrogen) atoms. The van der Waals surface area contributed by atoms with Gasteiger partial charge in [-0.15, -0.1) is 0 Å². The van der Waals surface area contributed by atoms with Gasteiger partial charge in [-0.3, -0.25) is 9.59 Å². The molecular weight excluding hydrogens is 465 g/mol. The Labute approximate surface area is 209 Å². The zero-order valence-corrected chi connectivity index (χ0v) is 20.4. The van der Waals surface area contributed by atoms with Crippen LogP contribution in [-0.4, -0.2) is 55.7 Å². The molecule has 1 fully saturated rings. The number of nitrogens with zero attached hydrogens (tertiary/aromatic N) is 3. The summed E-state index contributed by atoms with van der Waals surface area (Å²) in [5.74, 6) is -0.0971. The van der Waals surface area contributed by atoms with Crippen LogP contribution in [0, 0.1) is 11.7 Å². The number of hydrogen-bond donors (Lipinski definition) is 2. The van der Waals surface area contributed by atoms with Crippen molar-refractivity contribution in [1.29, 1.82) is 0 Å². The molecule has 1 aromatic carbocycles. The fourth-order valence-corrected chi connectivity index (χ4v) is 3.93. The van der Waals surface area contributed by atoms with Gasteiger partial charge in [-0.25, -0.2) is 19.4 Å². The number of aromatic nitrogens is 1. The number of benzene rings is 1. The van der Waals surface area contributed by atoms with Crippen molar-refractivity contribution in [1.82, 2.24) is 10.3 Å². The van der Waals surface area contributed by atoms with E-state index in [4.69, 9.17) is 9.47 Å². The number of rotatable bonds is 10. The molecule has 2 amide bonds. The van der Waals surface area contributed by atoms with Gasteiger partial charge in [0.05, 0.1) is 12.2 Å². The molecular formula is C26H30FN5O4. The lowest BCUT2D eigenvalue weighted by atomic mass is 10.0. The molecule has 3 rings (SSSR count). The first-order valence-electron chi connectivity index (χ1n) is 11.6. The molecule has 2 N–H and O–H groups in total. The molecule has 1 heterocycles. The van der Waals surface area contributed by atoms with E-state index in [1.807, 2.05) is 0 Å². The van der Waals surface area contributed by atoms with E-state index in [1.54, 1.807) is 43.5 Å². The van der Waals surface area contributed by atoms with Crippen LogP contribution in [0.15, 0.2) is 58.7 Å². The average Bonchev–Trinajstić information content (AvgIpc) is 3.31. The third-order valence-electron chi connectivity index (χ3n) is 5.64. The van der Waals surface area contributed by atoms with Crippen molar-refractivity contribution in [2.24, 2.45) is 15.9 Å². The Morgan fingerprint density at radius 1 is 1.22 bits per heavy atom.